The highest BCUT2D eigenvalue weighted by atomic mass is 16.5. The first-order valence-electron chi connectivity index (χ1n) is 7.64. The van der Waals surface area contributed by atoms with Crippen LogP contribution in [0.1, 0.15) is 12.0 Å². The number of piperazine rings is 1. The molecule has 0 amide bonds. The summed E-state index contributed by atoms with van der Waals surface area (Å²) in [5, 5.41) is 0. The van der Waals surface area contributed by atoms with Crippen LogP contribution in [0.25, 0.3) is 0 Å². The fraction of sp³-hybridized carbons (Fsp3) is 0.625. The summed E-state index contributed by atoms with van der Waals surface area (Å²) in [7, 11) is 3.87. The highest BCUT2D eigenvalue weighted by Crippen LogP contribution is 2.42. The molecule has 0 bridgehead atoms. The maximum absolute atomic E-state index is 6.26. The molecule has 5 heteroatoms. The van der Waals surface area contributed by atoms with Crippen LogP contribution in [0, 0.1) is 0 Å². The lowest BCUT2D eigenvalue weighted by Crippen LogP contribution is -2.59. The molecule has 3 rings (SSSR count). The number of likely N-dealkylation sites (N-methyl/N-ethyl adjacent to an activating group) is 1. The summed E-state index contributed by atoms with van der Waals surface area (Å²) >= 11 is 0. The molecule has 21 heavy (non-hydrogen) atoms. The Morgan fingerprint density at radius 3 is 2.71 bits per heavy atom. The first-order chi connectivity index (χ1) is 10.2. The van der Waals surface area contributed by atoms with E-state index in [2.05, 4.69) is 22.9 Å². The molecule has 2 aliphatic heterocycles. The molecule has 1 aromatic rings. The lowest BCUT2D eigenvalue weighted by atomic mass is 9.82. The van der Waals surface area contributed by atoms with E-state index in [0.717, 1.165) is 50.7 Å². The van der Waals surface area contributed by atoms with E-state index in [1.165, 1.54) is 5.56 Å². The first kappa shape index (κ1) is 14.6. The van der Waals surface area contributed by atoms with Gasteiger partial charge in [-0.25, -0.2) is 0 Å². The molecule has 5 nitrogen and oxygen atoms in total. The van der Waals surface area contributed by atoms with Gasteiger partial charge in [-0.2, -0.15) is 0 Å². The van der Waals surface area contributed by atoms with Gasteiger partial charge in [0.05, 0.1) is 19.3 Å². The number of ether oxygens (including phenoxy) is 2. The Morgan fingerprint density at radius 2 is 2.05 bits per heavy atom. The highest BCUT2D eigenvalue weighted by Gasteiger charge is 2.42. The first-order valence-corrected chi connectivity index (χ1v) is 7.64. The van der Waals surface area contributed by atoms with Gasteiger partial charge in [-0.3, -0.25) is 4.90 Å². The minimum Gasteiger partial charge on any atom is -0.497 e. The Bertz CT molecular complexity index is 500. The molecule has 2 aliphatic rings. The molecule has 1 atom stereocenters. The summed E-state index contributed by atoms with van der Waals surface area (Å²) in [6.45, 7) is 5.60. The van der Waals surface area contributed by atoms with Gasteiger partial charge in [0.25, 0.3) is 0 Å². The SMILES string of the molecule is COc1ccc2c(c1)C(CN)(N1CCN(C)CC1)CCO2. The third-order valence-corrected chi connectivity index (χ3v) is 4.91. The van der Waals surface area contributed by atoms with E-state index in [4.69, 9.17) is 15.2 Å². The quantitative estimate of drug-likeness (QED) is 0.896. The second kappa shape index (κ2) is 5.83. The van der Waals surface area contributed by atoms with Crippen molar-refractivity contribution in [3.63, 3.8) is 0 Å². The third kappa shape index (κ3) is 2.50. The molecular weight excluding hydrogens is 266 g/mol. The van der Waals surface area contributed by atoms with Crippen molar-refractivity contribution in [1.82, 2.24) is 9.80 Å². The van der Waals surface area contributed by atoms with Gasteiger partial charge in [-0.15, -0.1) is 0 Å². The van der Waals surface area contributed by atoms with Crippen LogP contribution >= 0.6 is 0 Å². The van der Waals surface area contributed by atoms with Crippen molar-refractivity contribution < 1.29 is 9.47 Å². The summed E-state index contributed by atoms with van der Waals surface area (Å²) < 4.78 is 11.2. The molecule has 1 aromatic carbocycles. The summed E-state index contributed by atoms with van der Waals surface area (Å²) in [4.78, 5) is 4.90. The molecule has 1 saturated heterocycles. The molecule has 2 heterocycles. The Morgan fingerprint density at radius 1 is 1.29 bits per heavy atom. The highest BCUT2D eigenvalue weighted by molar-refractivity contribution is 5.46. The maximum atomic E-state index is 6.26. The topological polar surface area (TPSA) is 51.0 Å². The van der Waals surface area contributed by atoms with Crippen molar-refractivity contribution in [2.24, 2.45) is 5.73 Å². The summed E-state index contributed by atoms with van der Waals surface area (Å²) in [6, 6.07) is 6.06. The standard InChI is InChI=1S/C16H25N3O2/c1-18-6-8-19(9-7-18)16(12-17)5-10-21-15-4-3-13(20-2)11-14(15)16/h3-4,11H,5-10,12,17H2,1-2H3. The van der Waals surface area contributed by atoms with Gasteiger partial charge in [-0.05, 0) is 25.2 Å². The van der Waals surface area contributed by atoms with E-state index in [1.807, 2.05) is 12.1 Å². The van der Waals surface area contributed by atoms with E-state index < -0.39 is 0 Å². The minimum absolute atomic E-state index is 0.122. The van der Waals surface area contributed by atoms with Gasteiger partial charge >= 0.3 is 0 Å². The average Bonchev–Trinajstić information content (AvgIpc) is 2.54. The van der Waals surface area contributed by atoms with Gasteiger partial charge in [0.1, 0.15) is 11.5 Å². The normalized spacial score (nSPS) is 27.0. The second-order valence-electron chi connectivity index (χ2n) is 5.99. The lowest BCUT2D eigenvalue weighted by molar-refractivity contribution is 0.0137. The monoisotopic (exact) mass is 291 g/mol. The zero-order valence-corrected chi connectivity index (χ0v) is 13.0. The number of benzene rings is 1. The van der Waals surface area contributed by atoms with Crippen molar-refractivity contribution in [1.29, 1.82) is 0 Å². The van der Waals surface area contributed by atoms with Crippen molar-refractivity contribution >= 4 is 0 Å². The molecule has 0 saturated carbocycles. The van der Waals surface area contributed by atoms with Crippen LogP contribution in [0.3, 0.4) is 0 Å². The van der Waals surface area contributed by atoms with E-state index in [1.54, 1.807) is 7.11 Å². The lowest BCUT2D eigenvalue weighted by Gasteiger charge is -2.49. The van der Waals surface area contributed by atoms with Crippen molar-refractivity contribution in [2.45, 2.75) is 12.0 Å². The molecule has 0 aromatic heterocycles. The van der Waals surface area contributed by atoms with Gasteiger partial charge in [0.2, 0.25) is 0 Å². The van der Waals surface area contributed by atoms with E-state index in [9.17, 15) is 0 Å². The Labute approximate surface area is 126 Å². The fourth-order valence-corrected chi connectivity index (χ4v) is 3.49. The van der Waals surface area contributed by atoms with Crippen molar-refractivity contribution in [3.8, 4) is 11.5 Å². The summed E-state index contributed by atoms with van der Waals surface area (Å²) in [5.41, 5.74) is 7.32. The van der Waals surface area contributed by atoms with E-state index in [-0.39, 0.29) is 5.54 Å². The van der Waals surface area contributed by atoms with Crippen LogP contribution in [0.15, 0.2) is 18.2 Å². The number of rotatable bonds is 3. The van der Waals surface area contributed by atoms with Gasteiger partial charge in [0, 0.05) is 44.7 Å². The zero-order chi connectivity index (χ0) is 14.9. The predicted molar refractivity (Wildman–Crippen MR) is 82.9 cm³/mol. The van der Waals surface area contributed by atoms with Crippen LogP contribution < -0.4 is 15.2 Å². The smallest absolute Gasteiger partial charge is 0.124 e. The Kier molecular flexibility index (Phi) is 4.06. The second-order valence-corrected chi connectivity index (χ2v) is 5.99. The van der Waals surface area contributed by atoms with Crippen molar-refractivity contribution in [2.75, 3.05) is 53.5 Å². The average molecular weight is 291 g/mol. The van der Waals surface area contributed by atoms with Gasteiger partial charge in [0.15, 0.2) is 0 Å². The molecule has 1 unspecified atom stereocenters. The van der Waals surface area contributed by atoms with E-state index >= 15 is 0 Å². The number of fused-ring (bicyclic) bond motifs is 1. The Balaban J connectivity index is 1.99. The van der Waals surface area contributed by atoms with Crippen molar-refractivity contribution in [3.05, 3.63) is 23.8 Å². The molecular formula is C16H25N3O2. The number of hydrogen-bond acceptors (Lipinski definition) is 5. The third-order valence-electron chi connectivity index (χ3n) is 4.91. The van der Waals surface area contributed by atoms with Gasteiger partial charge < -0.3 is 20.1 Å². The van der Waals surface area contributed by atoms with Gasteiger partial charge in [-0.1, -0.05) is 0 Å². The van der Waals surface area contributed by atoms with Crippen LogP contribution in [-0.2, 0) is 5.54 Å². The summed E-state index contributed by atoms with van der Waals surface area (Å²) in [6.07, 6.45) is 0.938. The molecule has 0 aliphatic carbocycles. The molecule has 0 radical (unpaired) electrons. The van der Waals surface area contributed by atoms with Crippen LogP contribution in [0.5, 0.6) is 11.5 Å². The molecule has 116 valence electrons. The summed E-state index contributed by atoms with van der Waals surface area (Å²) in [5.74, 6) is 1.82. The number of methoxy groups -OCH3 is 1. The maximum Gasteiger partial charge on any atom is 0.124 e. The number of nitrogens with two attached hydrogens (primary N) is 1. The zero-order valence-electron chi connectivity index (χ0n) is 13.0. The predicted octanol–water partition coefficient (Wildman–Crippen LogP) is 0.879. The Hall–Kier alpha value is -1.30. The molecule has 2 N–H and O–H groups in total. The largest absolute Gasteiger partial charge is 0.497 e. The molecule has 1 fully saturated rings. The fourth-order valence-electron chi connectivity index (χ4n) is 3.49. The minimum atomic E-state index is -0.122. The van der Waals surface area contributed by atoms with Crippen LogP contribution in [-0.4, -0.2) is 63.3 Å². The van der Waals surface area contributed by atoms with E-state index in [0.29, 0.717) is 6.54 Å². The van der Waals surface area contributed by atoms with Crippen LogP contribution in [0.2, 0.25) is 0 Å². The number of nitrogens with zero attached hydrogens (tertiary/aromatic N) is 2. The number of hydrogen-bond donors (Lipinski definition) is 1. The molecule has 0 spiro atoms. The van der Waals surface area contributed by atoms with Crippen LogP contribution in [0.4, 0.5) is 0 Å².